The first-order chi connectivity index (χ1) is 11.5. The van der Waals surface area contributed by atoms with Gasteiger partial charge in [-0.25, -0.2) is 4.98 Å². The van der Waals surface area contributed by atoms with Crippen LogP contribution in [0.25, 0.3) is 0 Å². The molecule has 3 atom stereocenters. The number of carbonyl (C=O) groups excluding carboxylic acids is 1. The molecule has 3 rings (SSSR count). The van der Waals surface area contributed by atoms with Crippen LogP contribution < -0.4 is 10.2 Å². The van der Waals surface area contributed by atoms with Crippen molar-refractivity contribution in [3.05, 3.63) is 42.7 Å². The van der Waals surface area contributed by atoms with Crippen molar-refractivity contribution in [3.63, 3.8) is 0 Å². The second-order valence-electron chi connectivity index (χ2n) is 6.53. The van der Waals surface area contributed by atoms with E-state index in [9.17, 15) is 9.90 Å². The quantitative estimate of drug-likeness (QED) is 0.852. The lowest BCUT2D eigenvalue weighted by atomic mass is 10.1. The van der Waals surface area contributed by atoms with Crippen LogP contribution in [0, 0.1) is 5.92 Å². The van der Waals surface area contributed by atoms with Crippen LogP contribution >= 0.6 is 0 Å². The molecule has 0 bridgehead atoms. The number of amides is 1. The molecular weight excluding hydrogens is 306 g/mol. The van der Waals surface area contributed by atoms with E-state index < -0.39 is 6.10 Å². The summed E-state index contributed by atoms with van der Waals surface area (Å²) in [5, 5.41) is 13.3. The van der Waals surface area contributed by atoms with Crippen LogP contribution in [-0.4, -0.2) is 51.8 Å². The average molecular weight is 329 g/mol. The van der Waals surface area contributed by atoms with Crippen molar-refractivity contribution >= 4 is 11.6 Å². The minimum Gasteiger partial charge on any atom is -0.391 e. The largest absolute Gasteiger partial charge is 0.391 e. The molecule has 128 valence electrons. The van der Waals surface area contributed by atoms with Crippen LogP contribution in [0.1, 0.15) is 23.2 Å². The van der Waals surface area contributed by atoms with Gasteiger partial charge in [0, 0.05) is 45.4 Å². The number of hydrogen-bond acceptors (Lipinski definition) is 5. The van der Waals surface area contributed by atoms with Crippen LogP contribution in [0.4, 0.5) is 5.69 Å². The van der Waals surface area contributed by atoms with Crippen LogP contribution in [0.2, 0.25) is 0 Å². The van der Waals surface area contributed by atoms with E-state index in [2.05, 4.69) is 15.3 Å². The molecule has 2 aromatic rings. The maximum absolute atomic E-state index is 12.6. The molecule has 0 aliphatic heterocycles. The molecule has 1 fully saturated rings. The van der Waals surface area contributed by atoms with Gasteiger partial charge in [-0.2, -0.15) is 0 Å². The summed E-state index contributed by atoms with van der Waals surface area (Å²) in [4.78, 5) is 22.6. The summed E-state index contributed by atoms with van der Waals surface area (Å²) < 4.78 is 2.01. The van der Waals surface area contributed by atoms with E-state index in [0.29, 0.717) is 17.9 Å². The fourth-order valence-corrected chi connectivity index (χ4v) is 3.31. The van der Waals surface area contributed by atoms with E-state index >= 15 is 0 Å². The number of nitrogens with one attached hydrogen (secondary N) is 1. The van der Waals surface area contributed by atoms with E-state index in [4.69, 9.17) is 0 Å². The van der Waals surface area contributed by atoms with Gasteiger partial charge in [0.2, 0.25) is 0 Å². The predicted octanol–water partition coefficient (Wildman–Crippen LogP) is 0.914. The lowest BCUT2D eigenvalue weighted by Crippen LogP contribution is -2.40. The van der Waals surface area contributed by atoms with Gasteiger partial charge < -0.3 is 19.9 Å². The Bertz CT molecular complexity index is 686. The van der Waals surface area contributed by atoms with Crippen molar-refractivity contribution in [1.29, 1.82) is 0 Å². The number of aliphatic hydroxyl groups excluding tert-OH is 1. The maximum Gasteiger partial charge on any atom is 0.255 e. The standard InChI is InChI=1S/C17H23N5O2/c1-21(2)15-3-4-18-9-13(15)17(24)20-14-7-12(8-16(14)23)10-22-6-5-19-11-22/h3-6,9,11-12,14,16,23H,7-8,10H2,1-2H3,(H,20,24)/t12?,14-,16-/m1/s1. The molecule has 0 saturated heterocycles. The van der Waals surface area contributed by atoms with Gasteiger partial charge in [-0.15, -0.1) is 0 Å². The summed E-state index contributed by atoms with van der Waals surface area (Å²) in [6, 6.07) is 1.57. The summed E-state index contributed by atoms with van der Waals surface area (Å²) in [7, 11) is 3.77. The van der Waals surface area contributed by atoms with Crippen LogP contribution in [0.5, 0.6) is 0 Å². The smallest absolute Gasteiger partial charge is 0.255 e. The minimum atomic E-state index is -0.526. The second kappa shape index (κ2) is 7.00. The average Bonchev–Trinajstić information content (AvgIpc) is 3.18. The van der Waals surface area contributed by atoms with Gasteiger partial charge >= 0.3 is 0 Å². The zero-order valence-corrected chi connectivity index (χ0v) is 14.0. The van der Waals surface area contributed by atoms with E-state index in [1.54, 1.807) is 24.9 Å². The van der Waals surface area contributed by atoms with Gasteiger partial charge in [0.05, 0.1) is 29.7 Å². The van der Waals surface area contributed by atoms with Crippen LogP contribution in [0.3, 0.4) is 0 Å². The van der Waals surface area contributed by atoms with E-state index in [0.717, 1.165) is 18.7 Å². The van der Waals surface area contributed by atoms with Crippen LogP contribution in [-0.2, 0) is 6.54 Å². The Morgan fingerprint density at radius 2 is 2.21 bits per heavy atom. The number of aromatic nitrogens is 3. The van der Waals surface area contributed by atoms with E-state index in [1.165, 1.54) is 0 Å². The zero-order chi connectivity index (χ0) is 17.1. The highest BCUT2D eigenvalue weighted by Crippen LogP contribution is 2.28. The van der Waals surface area contributed by atoms with E-state index in [-0.39, 0.29) is 11.9 Å². The number of aliphatic hydroxyl groups is 1. The van der Waals surface area contributed by atoms with Gasteiger partial charge in [-0.05, 0) is 24.8 Å². The number of nitrogens with zero attached hydrogens (tertiary/aromatic N) is 4. The molecule has 24 heavy (non-hydrogen) atoms. The monoisotopic (exact) mass is 329 g/mol. The third-order valence-corrected chi connectivity index (χ3v) is 4.50. The molecule has 2 heterocycles. The highest BCUT2D eigenvalue weighted by Gasteiger charge is 2.34. The first-order valence-electron chi connectivity index (χ1n) is 8.10. The fraction of sp³-hybridized carbons (Fsp3) is 0.471. The first-order valence-corrected chi connectivity index (χ1v) is 8.10. The fourth-order valence-electron chi connectivity index (χ4n) is 3.31. The Labute approximate surface area is 141 Å². The summed E-state index contributed by atoms with van der Waals surface area (Å²) in [5.74, 6) is 0.126. The summed E-state index contributed by atoms with van der Waals surface area (Å²) in [6.45, 7) is 0.805. The molecule has 2 N–H and O–H groups in total. The predicted molar refractivity (Wildman–Crippen MR) is 90.8 cm³/mol. The van der Waals surface area contributed by atoms with Crippen molar-refractivity contribution in [3.8, 4) is 0 Å². The van der Waals surface area contributed by atoms with Crippen molar-refractivity contribution in [2.75, 3.05) is 19.0 Å². The lowest BCUT2D eigenvalue weighted by Gasteiger charge is -2.20. The molecule has 0 spiro atoms. The Morgan fingerprint density at radius 3 is 2.92 bits per heavy atom. The van der Waals surface area contributed by atoms with Gasteiger partial charge in [0.25, 0.3) is 5.91 Å². The minimum absolute atomic E-state index is 0.195. The van der Waals surface area contributed by atoms with Gasteiger partial charge in [-0.1, -0.05) is 0 Å². The number of imidazole rings is 1. The number of pyridine rings is 1. The van der Waals surface area contributed by atoms with Gasteiger partial charge in [0.1, 0.15) is 0 Å². The molecule has 1 aliphatic carbocycles. The van der Waals surface area contributed by atoms with Crippen molar-refractivity contribution in [2.24, 2.45) is 5.92 Å². The molecule has 1 unspecified atom stereocenters. The molecule has 1 amide bonds. The third kappa shape index (κ3) is 3.56. The Hall–Kier alpha value is -2.41. The number of rotatable bonds is 5. The molecular formula is C17H23N5O2. The van der Waals surface area contributed by atoms with Crippen molar-refractivity contribution in [1.82, 2.24) is 19.9 Å². The van der Waals surface area contributed by atoms with Gasteiger partial charge in [0.15, 0.2) is 0 Å². The molecule has 1 aliphatic rings. The molecule has 7 heteroatoms. The van der Waals surface area contributed by atoms with Crippen molar-refractivity contribution < 1.29 is 9.90 Å². The second-order valence-corrected chi connectivity index (χ2v) is 6.53. The van der Waals surface area contributed by atoms with E-state index in [1.807, 2.05) is 35.8 Å². The Balaban J connectivity index is 1.64. The lowest BCUT2D eigenvalue weighted by molar-refractivity contribution is 0.0873. The molecule has 7 nitrogen and oxygen atoms in total. The Morgan fingerprint density at radius 1 is 1.38 bits per heavy atom. The summed E-state index contributed by atoms with van der Waals surface area (Å²) in [6.07, 6.45) is 9.57. The summed E-state index contributed by atoms with van der Waals surface area (Å²) in [5.41, 5.74) is 1.33. The maximum atomic E-state index is 12.6. The molecule has 0 aromatic carbocycles. The summed E-state index contributed by atoms with van der Waals surface area (Å²) >= 11 is 0. The normalized spacial score (nSPS) is 23.2. The Kier molecular flexibility index (Phi) is 4.80. The van der Waals surface area contributed by atoms with Crippen molar-refractivity contribution in [2.45, 2.75) is 31.5 Å². The number of hydrogen-bond donors (Lipinski definition) is 2. The number of carbonyl (C=O) groups is 1. The number of anilines is 1. The topological polar surface area (TPSA) is 83.3 Å². The zero-order valence-electron chi connectivity index (χ0n) is 14.0. The molecule has 1 saturated carbocycles. The van der Waals surface area contributed by atoms with Gasteiger partial charge in [-0.3, -0.25) is 9.78 Å². The molecule has 2 aromatic heterocycles. The highest BCUT2D eigenvalue weighted by molar-refractivity contribution is 5.99. The SMILES string of the molecule is CN(C)c1ccncc1C(=O)N[C@@H]1CC(Cn2ccnc2)C[C@H]1O. The first kappa shape index (κ1) is 16.4. The molecule has 0 radical (unpaired) electrons. The highest BCUT2D eigenvalue weighted by atomic mass is 16.3. The third-order valence-electron chi connectivity index (χ3n) is 4.50. The van der Waals surface area contributed by atoms with Crippen LogP contribution in [0.15, 0.2) is 37.2 Å².